The van der Waals surface area contributed by atoms with E-state index in [4.69, 9.17) is 0 Å². The van der Waals surface area contributed by atoms with Crippen molar-refractivity contribution in [1.82, 2.24) is 9.97 Å². The average Bonchev–Trinajstić information content (AvgIpc) is 3.23. The lowest BCUT2D eigenvalue weighted by molar-refractivity contribution is -0.115. The van der Waals surface area contributed by atoms with E-state index in [1.165, 1.54) is 29.0 Å². The van der Waals surface area contributed by atoms with Gasteiger partial charge in [0.1, 0.15) is 16.5 Å². The van der Waals surface area contributed by atoms with Crippen molar-refractivity contribution in [2.45, 2.75) is 13.3 Å². The number of anilines is 1. The molecule has 2 N–H and O–H groups in total. The first-order valence-electron chi connectivity index (χ1n) is 8.16. The van der Waals surface area contributed by atoms with Crippen molar-refractivity contribution in [1.29, 1.82) is 0 Å². The maximum atomic E-state index is 13.1. The van der Waals surface area contributed by atoms with Crippen LogP contribution in [0, 0.1) is 12.7 Å². The molecule has 2 heterocycles. The summed E-state index contributed by atoms with van der Waals surface area (Å²) in [6, 6.07) is 12.2. The minimum Gasteiger partial charge on any atom is -0.361 e. The highest BCUT2D eigenvalue weighted by molar-refractivity contribution is 7.14. The SMILES string of the molecule is Cc1ccc2c(CC(=O)Nc3scnc3-c3ccc(F)cc3)c[nH]c2c1. The molecule has 130 valence electrons. The molecule has 2 aromatic heterocycles. The molecule has 0 unspecified atom stereocenters. The molecule has 0 atom stereocenters. The number of nitrogens with zero attached hydrogens (tertiary/aromatic N) is 1. The predicted octanol–water partition coefficient (Wildman–Crippen LogP) is 4.92. The molecule has 0 aliphatic heterocycles. The van der Waals surface area contributed by atoms with E-state index in [1.54, 1.807) is 17.6 Å². The molecule has 0 aliphatic carbocycles. The summed E-state index contributed by atoms with van der Waals surface area (Å²) in [6.45, 7) is 2.04. The number of thiazole rings is 1. The van der Waals surface area contributed by atoms with E-state index in [0.717, 1.165) is 22.0 Å². The summed E-state index contributed by atoms with van der Waals surface area (Å²) in [5.41, 5.74) is 6.23. The molecule has 0 saturated carbocycles. The zero-order chi connectivity index (χ0) is 18.1. The zero-order valence-electron chi connectivity index (χ0n) is 14.0. The van der Waals surface area contributed by atoms with E-state index in [-0.39, 0.29) is 18.1 Å². The first-order valence-corrected chi connectivity index (χ1v) is 9.04. The van der Waals surface area contributed by atoms with Crippen molar-refractivity contribution in [3.05, 3.63) is 71.1 Å². The van der Waals surface area contributed by atoms with Gasteiger partial charge in [-0.25, -0.2) is 9.37 Å². The molecule has 26 heavy (non-hydrogen) atoms. The third-order valence-corrected chi connectivity index (χ3v) is 4.95. The highest BCUT2D eigenvalue weighted by Gasteiger charge is 2.14. The Labute approximate surface area is 153 Å². The van der Waals surface area contributed by atoms with E-state index < -0.39 is 0 Å². The molecule has 4 nitrogen and oxygen atoms in total. The smallest absolute Gasteiger partial charge is 0.229 e. The molecule has 4 aromatic rings. The molecule has 0 aliphatic rings. The van der Waals surface area contributed by atoms with Crippen LogP contribution in [0.15, 0.2) is 54.2 Å². The van der Waals surface area contributed by atoms with Gasteiger partial charge in [0.15, 0.2) is 0 Å². The number of halogens is 1. The van der Waals surface area contributed by atoms with Crippen LogP contribution in [0.3, 0.4) is 0 Å². The van der Waals surface area contributed by atoms with Gasteiger partial charge in [0, 0.05) is 22.7 Å². The fourth-order valence-electron chi connectivity index (χ4n) is 2.94. The highest BCUT2D eigenvalue weighted by Crippen LogP contribution is 2.31. The van der Waals surface area contributed by atoms with E-state index in [0.29, 0.717) is 10.7 Å². The lowest BCUT2D eigenvalue weighted by atomic mass is 10.1. The van der Waals surface area contributed by atoms with Gasteiger partial charge in [0.2, 0.25) is 5.91 Å². The van der Waals surface area contributed by atoms with Gasteiger partial charge < -0.3 is 10.3 Å². The number of aromatic nitrogens is 2. The van der Waals surface area contributed by atoms with Crippen molar-refractivity contribution >= 4 is 33.1 Å². The molecule has 0 bridgehead atoms. The highest BCUT2D eigenvalue weighted by atomic mass is 32.1. The average molecular weight is 365 g/mol. The van der Waals surface area contributed by atoms with Gasteiger partial charge in [-0.15, -0.1) is 11.3 Å². The Balaban J connectivity index is 1.54. The molecule has 0 radical (unpaired) electrons. The molecule has 1 amide bonds. The molecular formula is C20H16FN3OS. The molecule has 0 fully saturated rings. The number of amides is 1. The number of carbonyl (C=O) groups is 1. The number of aromatic amines is 1. The second-order valence-corrected chi connectivity index (χ2v) is 6.98. The van der Waals surface area contributed by atoms with Crippen LogP contribution in [0.25, 0.3) is 22.2 Å². The number of carbonyl (C=O) groups excluding carboxylic acids is 1. The minimum absolute atomic E-state index is 0.112. The summed E-state index contributed by atoms with van der Waals surface area (Å²) in [4.78, 5) is 20.0. The summed E-state index contributed by atoms with van der Waals surface area (Å²) in [6.07, 6.45) is 2.14. The Morgan fingerprint density at radius 1 is 1.23 bits per heavy atom. The Morgan fingerprint density at radius 2 is 2.04 bits per heavy atom. The van der Waals surface area contributed by atoms with Crippen LogP contribution in [0.4, 0.5) is 9.39 Å². The number of rotatable bonds is 4. The van der Waals surface area contributed by atoms with Crippen LogP contribution in [0.2, 0.25) is 0 Å². The lowest BCUT2D eigenvalue weighted by Gasteiger charge is -2.05. The van der Waals surface area contributed by atoms with Crippen molar-refractivity contribution in [3.63, 3.8) is 0 Å². The number of fused-ring (bicyclic) bond motifs is 1. The molecular weight excluding hydrogens is 349 g/mol. The molecule has 0 saturated heterocycles. The van der Waals surface area contributed by atoms with Crippen LogP contribution < -0.4 is 5.32 Å². The van der Waals surface area contributed by atoms with Crippen LogP contribution in [-0.2, 0) is 11.2 Å². The number of H-pyrrole nitrogens is 1. The Hall–Kier alpha value is -2.99. The minimum atomic E-state index is -0.302. The molecule has 0 spiro atoms. The summed E-state index contributed by atoms with van der Waals surface area (Å²) in [5, 5.41) is 4.64. The number of nitrogens with one attached hydrogen (secondary N) is 2. The number of hydrogen-bond donors (Lipinski definition) is 2. The van der Waals surface area contributed by atoms with Gasteiger partial charge >= 0.3 is 0 Å². The third-order valence-electron chi connectivity index (χ3n) is 4.21. The Kier molecular flexibility index (Phi) is 4.26. The first kappa shape index (κ1) is 16.5. The van der Waals surface area contributed by atoms with Crippen molar-refractivity contribution < 1.29 is 9.18 Å². The van der Waals surface area contributed by atoms with Gasteiger partial charge in [-0.05, 0) is 48.4 Å². The number of benzene rings is 2. The quantitative estimate of drug-likeness (QED) is 0.539. The van der Waals surface area contributed by atoms with Crippen molar-refractivity contribution in [3.8, 4) is 11.3 Å². The second kappa shape index (κ2) is 6.72. The standard InChI is InChI=1S/C20H16FN3OS/c1-12-2-7-16-14(10-22-17(16)8-12)9-18(25)24-20-19(23-11-26-20)13-3-5-15(21)6-4-13/h2-8,10-11,22H,9H2,1H3,(H,24,25). The van der Waals surface area contributed by atoms with Crippen LogP contribution in [-0.4, -0.2) is 15.9 Å². The van der Waals surface area contributed by atoms with E-state index >= 15 is 0 Å². The second-order valence-electron chi connectivity index (χ2n) is 6.12. The van der Waals surface area contributed by atoms with Crippen LogP contribution in [0.1, 0.15) is 11.1 Å². The normalized spacial score (nSPS) is 11.0. The van der Waals surface area contributed by atoms with Crippen molar-refractivity contribution in [2.75, 3.05) is 5.32 Å². The predicted molar refractivity (Wildman–Crippen MR) is 103 cm³/mol. The summed E-state index contributed by atoms with van der Waals surface area (Å²) in [5.74, 6) is -0.414. The third kappa shape index (κ3) is 3.23. The van der Waals surface area contributed by atoms with Gasteiger partial charge in [-0.2, -0.15) is 0 Å². The number of hydrogen-bond acceptors (Lipinski definition) is 3. The number of aryl methyl sites for hydroxylation is 1. The fourth-order valence-corrected chi connectivity index (χ4v) is 3.66. The van der Waals surface area contributed by atoms with Crippen LogP contribution in [0.5, 0.6) is 0 Å². The van der Waals surface area contributed by atoms with E-state index in [1.807, 2.05) is 25.3 Å². The van der Waals surface area contributed by atoms with Gasteiger partial charge in [0.05, 0.1) is 11.9 Å². The zero-order valence-corrected chi connectivity index (χ0v) is 14.9. The topological polar surface area (TPSA) is 57.8 Å². The monoisotopic (exact) mass is 365 g/mol. The fraction of sp³-hybridized carbons (Fsp3) is 0.100. The van der Waals surface area contributed by atoms with Gasteiger partial charge in [-0.1, -0.05) is 12.1 Å². The van der Waals surface area contributed by atoms with E-state index in [2.05, 4.69) is 21.4 Å². The summed E-state index contributed by atoms with van der Waals surface area (Å²) in [7, 11) is 0. The maximum absolute atomic E-state index is 13.1. The first-order chi connectivity index (χ1) is 12.6. The van der Waals surface area contributed by atoms with Crippen molar-refractivity contribution in [2.24, 2.45) is 0 Å². The van der Waals surface area contributed by atoms with E-state index in [9.17, 15) is 9.18 Å². The maximum Gasteiger partial charge on any atom is 0.229 e. The lowest BCUT2D eigenvalue weighted by Crippen LogP contribution is -2.14. The van der Waals surface area contributed by atoms with Gasteiger partial charge in [-0.3, -0.25) is 4.79 Å². The van der Waals surface area contributed by atoms with Crippen LogP contribution >= 0.6 is 11.3 Å². The summed E-state index contributed by atoms with van der Waals surface area (Å²) < 4.78 is 13.1. The summed E-state index contributed by atoms with van der Waals surface area (Å²) >= 11 is 1.35. The molecule has 4 rings (SSSR count). The Bertz CT molecular complexity index is 1080. The Morgan fingerprint density at radius 3 is 2.85 bits per heavy atom. The largest absolute Gasteiger partial charge is 0.361 e. The molecule has 2 aromatic carbocycles. The van der Waals surface area contributed by atoms with Gasteiger partial charge in [0.25, 0.3) is 0 Å². The molecule has 6 heteroatoms.